The van der Waals surface area contributed by atoms with Crippen molar-refractivity contribution in [2.75, 3.05) is 0 Å². The van der Waals surface area contributed by atoms with Gasteiger partial charge in [0.15, 0.2) is 17.5 Å². The van der Waals surface area contributed by atoms with Gasteiger partial charge in [0, 0.05) is 53.1 Å². The van der Waals surface area contributed by atoms with Crippen LogP contribution in [0, 0.1) is 0 Å². The highest BCUT2D eigenvalue weighted by molar-refractivity contribution is 7.25. The van der Waals surface area contributed by atoms with Gasteiger partial charge in [0.1, 0.15) is 11.2 Å². The number of rotatable bonds is 5. The van der Waals surface area contributed by atoms with Crippen molar-refractivity contribution in [3.05, 3.63) is 187 Å². The third-order valence-corrected chi connectivity index (χ3v) is 13.3. The molecule has 0 amide bonds. The molecule has 278 valence electrons. The van der Waals surface area contributed by atoms with Crippen LogP contribution in [-0.4, -0.2) is 15.0 Å². The number of hydrogen-bond acceptors (Lipinski definition) is 5. The van der Waals surface area contributed by atoms with Gasteiger partial charge in [-0.2, -0.15) is 0 Å². The highest BCUT2D eigenvalue weighted by Gasteiger charge is 2.37. The van der Waals surface area contributed by atoms with Crippen molar-refractivity contribution in [1.82, 2.24) is 15.0 Å². The number of nitrogens with zero attached hydrogens (tertiary/aromatic N) is 3. The van der Waals surface area contributed by atoms with E-state index in [0.29, 0.717) is 17.5 Å². The molecule has 11 aromatic rings. The van der Waals surface area contributed by atoms with Gasteiger partial charge in [-0.15, -0.1) is 11.3 Å². The van der Waals surface area contributed by atoms with E-state index in [0.717, 1.165) is 55.3 Å². The van der Waals surface area contributed by atoms with Gasteiger partial charge < -0.3 is 4.42 Å². The fraction of sp³-hybridized carbons (Fsp3) is 0.0556. The third kappa shape index (κ3) is 5.32. The van der Waals surface area contributed by atoms with Gasteiger partial charge in [-0.3, -0.25) is 0 Å². The van der Waals surface area contributed by atoms with Crippen molar-refractivity contribution in [2.45, 2.75) is 19.3 Å². The molecule has 0 spiro atoms. The molecule has 59 heavy (non-hydrogen) atoms. The van der Waals surface area contributed by atoms with Crippen molar-refractivity contribution in [1.29, 1.82) is 0 Å². The molecule has 0 fully saturated rings. The molecule has 0 N–H and O–H groups in total. The van der Waals surface area contributed by atoms with E-state index in [2.05, 4.69) is 172 Å². The fourth-order valence-electron chi connectivity index (χ4n) is 9.36. The van der Waals surface area contributed by atoms with E-state index in [1.807, 2.05) is 29.5 Å². The molecule has 0 saturated carbocycles. The first-order valence-electron chi connectivity index (χ1n) is 20.0. The van der Waals surface area contributed by atoms with Gasteiger partial charge in [0.05, 0.1) is 0 Å². The maximum absolute atomic E-state index is 6.59. The lowest BCUT2D eigenvalue weighted by molar-refractivity contribution is 0.662. The minimum Gasteiger partial charge on any atom is -0.456 e. The first-order chi connectivity index (χ1) is 29.0. The van der Waals surface area contributed by atoms with Gasteiger partial charge >= 0.3 is 0 Å². The Bertz CT molecular complexity index is 3490. The molecular weight excluding hydrogens is 739 g/mol. The second kappa shape index (κ2) is 12.9. The summed E-state index contributed by atoms with van der Waals surface area (Å²) in [5.41, 5.74) is 14.2. The van der Waals surface area contributed by atoms with Crippen LogP contribution in [0.25, 0.3) is 110 Å². The Labute approximate surface area is 345 Å². The van der Waals surface area contributed by atoms with Gasteiger partial charge in [-0.1, -0.05) is 141 Å². The predicted octanol–water partition coefficient (Wildman–Crippen LogP) is 14.8. The SMILES string of the molecule is CC1(C)c2ccccc2-c2cccc(-c3ccc4oc5cccc(-c6nc(-c7cccc(-c8ccccc8)c7)nc(-c7ccc8sc9ccccc9c8c7)n6)c5c4c3)c21. The van der Waals surface area contributed by atoms with Crippen LogP contribution in [0.4, 0.5) is 0 Å². The van der Waals surface area contributed by atoms with Crippen LogP contribution in [-0.2, 0) is 5.41 Å². The minimum atomic E-state index is -0.144. The Morgan fingerprint density at radius 2 is 1.03 bits per heavy atom. The zero-order valence-corrected chi connectivity index (χ0v) is 33.2. The van der Waals surface area contributed by atoms with Gasteiger partial charge in [0.25, 0.3) is 0 Å². The van der Waals surface area contributed by atoms with Crippen molar-refractivity contribution < 1.29 is 4.42 Å². The number of hydrogen-bond donors (Lipinski definition) is 0. The topological polar surface area (TPSA) is 51.8 Å². The predicted molar refractivity (Wildman–Crippen MR) is 245 cm³/mol. The molecule has 0 saturated heterocycles. The summed E-state index contributed by atoms with van der Waals surface area (Å²) >= 11 is 1.81. The first-order valence-corrected chi connectivity index (χ1v) is 20.8. The van der Waals surface area contributed by atoms with Crippen LogP contribution >= 0.6 is 11.3 Å². The normalized spacial score (nSPS) is 13.1. The van der Waals surface area contributed by atoms with Crippen LogP contribution in [0.1, 0.15) is 25.0 Å². The summed E-state index contributed by atoms with van der Waals surface area (Å²) < 4.78 is 9.10. The Hall–Kier alpha value is -7.21. The molecular formula is C54H35N3OS. The highest BCUT2D eigenvalue weighted by atomic mass is 32.1. The van der Waals surface area contributed by atoms with E-state index in [-0.39, 0.29) is 5.41 Å². The highest BCUT2D eigenvalue weighted by Crippen LogP contribution is 2.52. The van der Waals surface area contributed by atoms with Crippen molar-refractivity contribution >= 4 is 53.4 Å². The molecule has 0 radical (unpaired) electrons. The maximum Gasteiger partial charge on any atom is 0.164 e. The summed E-state index contributed by atoms with van der Waals surface area (Å²) in [6, 6.07) is 62.4. The average Bonchev–Trinajstić information content (AvgIpc) is 3.93. The van der Waals surface area contributed by atoms with Gasteiger partial charge in [-0.05, 0) is 93.0 Å². The monoisotopic (exact) mass is 773 g/mol. The van der Waals surface area contributed by atoms with Gasteiger partial charge in [0.2, 0.25) is 0 Å². The van der Waals surface area contributed by atoms with E-state index < -0.39 is 0 Å². The van der Waals surface area contributed by atoms with Crippen LogP contribution in [0.5, 0.6) is 0 Å². The molecule has 5 heteroatoms. The van der Waals surface area contributed by atoms with Crippen LogP contribution in [0.2, 0.25) is 0 Å². The molecule has 0 unspecified atom stereocenters. The summed E-state index contributed by atoms with van der Waals surface area (Å²) in [5.74, 6) is 1.84. The lowest BCUT2D eigenvalue weighted by atomic mass is 9.79. The van der Waals surface area contributed by atoms with E-state index in [4.69, 9.17) is 19.4 Å². The van der Waals surface area contributed by atoms with Crippen molar-refractivity contribution in [2.24, 2.45) is 0 Å². The second-order valence-corrected chi connectivity index (χ2v) is 17.0. The summed E-state index contributed by atoms with van der Waals surface area (Å²) in [6.07, 6.45) is 0. The van der Waals surface area contributed by atoms with E-state index >= 15 is 0 Å². The molecule has 4 nitrogen and oxygen atoms in total. The summed E-state index contributed by atoms with van der Waals surface area (Å²) in [4.78, 5) is 15.8. The smallest absolute Gasteiger partial charge is 0.164 e. The molecule has 0 bridgehead atoms. The Kier molecular flexibility index (Phi) is 7.41. The maximum atomic E-state index is 6.59. The summed E-state index contributed by atoms with van der Waals surface area (Å²) in [7, 11) is 0. The number of furan rings is 1. The Morgan fingerprint density at radius 3 is 1.93 bits per heavy atom. The molecule has 1 aliphatic carbocycles. The zero-order valence-electron chi connectivity index (χ0n) is 32.4. The minimum absolute atomic E-state index is 0.144. The van der Waals surface area contributed by atoms with Crippen LogP contribution in [0.3, 0.4) is 0 Å². The van der Waals surface area contributed by atoms with E-state index in [1.165, 1.54) is 48.0 Å². The summed E-state index contributed by atoms with van der Waals surface area (Å²) in [6.45, 7) is 4.68. The first kappa shape index (κ1) is 33.9. The molecule has 0 aliphatic heterocycles. The van der Waals surface area contributed by atoms with Crippen LogP contribution < -0.4 is 0 Å². The molecule has 0 atom stereocenters. The fourth-order valence-corrected chi connectivity index (χ4v) is 10.4. The van der Waals surface area contributed by atoms with Gasteiger partial charge in [-0.25, -0.2) is 15.0 Å². The van der Waals surface area contributed by atoms with Crippen molar-refractivity contribution in [3.63, 3.8) is 0 Å². The standard InChI is InChI=1S/C54H35N3OS/c1-54(2)44-22-8-6-17-38(44)40-20-11-19-37(50(40)54)34-25-27-45-43(30-34)49-41(21-12-23-46(49)58-45)53-56-51(35-16-10-15-33(29-35)32-13-4-3-5-14-32)55-52(57-53)36-26-28-48-42(31-36)39-18-7-9-24-47(39)59-48/h3-31H,1-2H3. The van der Waals surface area contributed by atoms with Crippen LogP contribution in [0.15, 0.2) is 180 Å². The molecule has 1 aliphatic rings. The quantitative estimate of drug-likeness (QED) is 0.175. The lowest BCUT2D eigenvalue weighted by Gasteiger charge is -2.24. The number of aromatic nitrogens is 3. The molecule has 8 aromatic carbocycles. The van der Waals surface area contributed by atoms with E-state index in [9.17, 15) is 0 Å². The third-order valence-electron chi connectivity index (χ3n) is 12.1. The molecule has 12 rings (SSSR count). The Morgan fingerprint density at radius 1 is 0.407 bits per heavy atom. The largest absolute Gasteiger partial charge is 0.456 e. The average molecular weight is 774 g/mol. The number of thiophene rings is 1. The molecule has 3 heterocycles. The van der Waals surface area contributed by atoms with Crippen molar-refractivity contribution in [3.8, 4) is 67.5 Å². The van der Waals surface area contributed by atoms with E-state index in [1.54, 1.807) is 0 Å². The number of fused-ring (bicyclic) bond motifs is 9. The lowest BCUT2D eigenvalue weighted by Crippen LogP contribution is -2.16. The zero-order chi connectivity index (χ0) is 39.2. The number of benzene rings is 8. The second-order valence-electron chi connectivity index (χ2n) is 16.0. The Balaban J connectivity index is 1.07. The summed E-state index contributed by atoms with van der Waals surface area (Å²) in [5, 5.41) is 4.45. The molecule has 3 aromatic heterocycles.